The number of sulfonamides is 1. The molecule has 112 valence electrons. The summed E-state index contributed by atoms with van der Waals surface area (Å²) < 4.78 is 27.5. The molecule has 0 amide bonds. The molecular formula is C15H24N2O2S. The van der Waals surface area contributed by atoms with Crippen molar-refractivity contribution < 1.29 is 8.42 Å². The average molecular weight is 296 g/mol. The van der Waals surface area contributed by atoms with Crippen LogP contribution in [0.1, 0.15) is 45.2 Å². The summed E-state index contributed by atoms with van der Waals surface area (Å²) in [6.07, 6.45) is 2.21. The van der Waals surface area contributed by atoms with Gasteiger partial charge in [-0.2, -0.15) is 0 Å². The van der Waals surface area contributed by atoms with Crippen molar-refractivity contribution in [1.29, 1.82) is 0 Å². The van der Waals surface area contributed by atoms with Gasteiger partial charge in [-0.15, -0.1) is 0 Å². The Kier molecular flexibility index (Phi) is 4.23. The first-order valence-corrected chi connectivity index (χ1v) is 8.60. The highest BCUT2D eigenvalue weighted by Gasteiger charge is 2.45. The number of nitrogens with one attached hydrogen (secondary N) is 1. The quantitative estimate of drug-likeness (QED) is 0.847. The van der Waals surface area contributed by atoms with Crippen LogP contribution < -0.4 is 10.5 Å². The molecule has 0 aromatic heterocycles. The molecule has 0 saturated heterocycles. The van der Waals surface area contributed by atoms with Crippen molar-refractivity contribution >= 4 is 10.0 Å². The maximum Gasteiger partial charge on any atom is 0.240 e. The van der Waals surface area contributed by atoms with E-state index in [2.05, 4.69) is 18.6 Å². The first-order chi connectivity index (χ1) is 9.27. The predicted octanol–water partition coefficient (Wildman–Crippen LogP) is 2.42. The van der Waals surface area contributed by atoms with E-state index in [1.165, 1.54) is 0 Å². The second-order valence-electron chi connectivity index (χ2n) is 6.20. The first kappa shape index (κ1) is 15.5. The number of nitrogens with two attached hydrogens (primary N) is 1. The second-order valence-corrected chi connectivity index (χ2v) is 7.97. The fourth-order valence-electron chi connectivity index (χ4n) is 2.41. The summed E-state index contributed by atoms with van der Waals surface area (Å²) in [5.41, 5.74) is 6.79. The molecule has 0 radical (unpaired) electrons. The molecule has 1 unspecified atom stereocenters. The SMILES string of the molecule is CC(N)c1cccc(S(=O)(=O)NCC2(C(C)C)CC2)c1. The minimum absolute atomic E-state index is 0.159. The van der Waals surface area contributed by atoms with Crippen molar-refractivity contribution in [1.82, 2.24) is 4.72 Å². The third kappa shape index (κ3) is 3.22. The van der Waals surface area contributed by atoms with Gasteiger partial charge in [-0.05, 0) is 48.8 Å². The van der Waals surface area contributed by atoms with Gasteiger partial charge in [0.1, 0.15) is 0 Å². The van der Waals surface area contributed by atoms with Gasteiger partial charge in [0.2, 0.25) is 10.0 Å². The van der Waals surface area contributed by atoms with Crippen LogP contribution in [0.2, 0.25) is 0 Å². The Balaban J connectivity index is 2.13. The average Bonchev–Trinajstić information content (AvgIpc) is 3.18. The van der Waals surface area contributed by atoms with Crippen LogP contribution in [0.15, 0.2) is 29.2 Å². The molecule has 0 aliphatic heterocycles. The highest BCUT2D eigenvalue weighted by atomic mass is 32.2. The minimum atomic E-state index is -3.45. The van der Waals surface area contributed by atoms with Gasteiger partial charge in [0, 0.05) is 12.6 Å². The molecule has 1 fully saturated rings. The molecule has 1 aromatic rings. The summed E-state index contributed by atoms with van der Waals surface area (Å²) >= 11 is 0. The zero-order chi connectivity index (χ0) is 15.0. The molecule has 2 rings (SSSR count). The van der Waals surface area contributed by atoms with Gasteiger partial charge in [0.05, 0.1) is 4.90 Å². The van der Waals surface area contributed by atoms with Crippen LogP contribution >= 0.6 is 0 Å². The Bertz CT molecular complexity index is 575. The van der Waals surface area contributed by atoms with Gasteiger partial charge in [0.15, 0.2) is 0 Å². The number of hydrogen-bond acceptors (Lipinski definition) is 3. The van der Waals surface area contributed by atoms with Crippen molar-refractivity contribution in [3.05, 3.63) is 29.8 Å². The van der Waals surface area contributed by atoms with Gasteiger partial charge in [-0.25, -0.2) is 13.1 Å². The molecule has 4 nitrogen and oxygen atoms in total. The topological polar surface area (TPSA) is 72.2 Å². The third-order valence-corrected chi connectivity index (χ3v) is 5.82. The molecule has 5 heteroatoms. The number of rotatable bonds is 6. The van der Waals surface area contributed by atoms with Crippen LogP contribution in [0.4, 0.5) is 0 Å². The lowest BCUT2D eigenvalue weighted by Gasteiger charge is -2.20. The highest BCUT2D eigenvalue weighted by Crippen LogP contribution is 2.51. The molecule has 3 N–H and O–H groups in total. The fourth-order valence-corrected chi connectivity index (χ4v) is 3.60. The zero-order valence-corrected chi connectivity index (χ0v) is 13.2. The van der Waals surface area contributed by atoms with Crippen LogP contribution in [0.3, 0.4) is 0 Å². The normalized spacial score (nSPS) is 19.1. The fraction of sp³-hybridized carbons (Fsp3) is 0.600. The van der Waals surface area contributed by atoms with Gasteiger partial charge < -0.3 is 5.73 Å². The van der Waals surface area contributed by atoms with E-state index in [-0.39, 0.29) is 11.5 Å². The maximum atomic E-state index is 12.4. The van der Waals surface area contributed by atoms with Gasteiger partial charge in [0.25, 0.3) is 0 Å². The van der Waals surface area contributed by atoms with E-state index >= 15 is 0 Å². The monoisotopic (exact) mass is 296 g/mol. The summed E-state index contributed by atoms with van der Waals surface area (Å²) in [6.45, 7) is 6.67. The summed E-state index contributed by atoms with van der Waals surface area (Å²) in [4.78, 5) is 0.298. The number of benzene rings is 1. The molecule has 1 aliphatic carbocycles. The van der Waals surface area contributed by atoms with E-state index in [1.807, 2.05) is 13.0 Å². The van der Waals surface area contributed by atoms with Crippen molar-refractivity contribution in [2.24, 2.45) is 17.1 Å². The molecule has 1 aliphatic rings. The van der Waals surface area contributed by atoms with Crippen LogP contribution in [-0.2, 0) is 10.0 Å². The van der Waals surface area contributed by atoms with Gasteiger partial charge in [-0.1, -0.05) is 26.0 Å². The largest absolute Gasteiger partial charge is 0.324 e. The first-order valence-electron chi connectivity index (χ1n) is 7.12. The predicted molar refractivity (Wildman–Crippen MR) is 80.7 cm³/mol. The Hall–Kier alpha value is -0.910. The second kappa shape index (κ2) is 5.47. The van der Waals surface area contributed by atoms with Crippen molar-refractivity contribution in [3.63, 3.8) is 0 Å². The molecule has 1 aromatic carbocycles. The van der Waals surface area contributed by atoms with Gasteiger partial charge in [-0.3, -0.25) is 0 Å². The summed E-state index contributed by atoms with van der Waals surface area (Å²) in [5.74, 6) is 0.501. The van der Waals surface area contributed by atoms with Crippen molar-refractivity contribution in [3.8, 4) is 0 Å². The van der Waals surface area contributed by atoms with E-state index in [4.69, 9.17) is 5.73 Å². The summed E-state index contributed by atoms with van der Waals surface area (Å²) in [6, 6.07) is 6.68. The van der Waals surface area contributed by atoms with E-state index < -0.39 is 10.0 Å². The number of hydrogen-bond donors (Lipinski definition) is 2. The summed E-state index contributed by atoms with van der Waals surface area (Å²) in [5, 5.41) is 0. The lowest BCUT2D eigenvalue weighted by Crippen LogP contribution is -2.32. The molecule has 0 bridgehead atoms. The van der Waals surface area contributed by atoms with E-state index in [0.29, 0.717) is 17.4 Å². The van der Waals surface area contributed by atoms with Crippen molar-refractivity contribution in [2.45, 2.75) is 44.6 Å². The van der Waals surface area contributed by atoms with Crippen LogP contribution in [0.5, 0.6) is 0 Å². The molecule has 0 spiro atoms. The zero-order valence-electron chi connectivity index (χ0n) is 12.4. The molecule has 1 saturated carbocycles. The lowest BCUT2D eigenvalue weighted by molar-refractivity contribution is 0.357. The standard InChI is InChI=1S/C15H24N2O2S/c1-11(2)15(7-8-15)10-17-20(18,19)14-6-4-5-13(9-14)12(3)16/h4-6,9,11-12,17H,7-8,10,16H2,1-3H3. The Morgan fingerprint density at radius 3 is 2.45 bits per heavy atom. The van der Waals surface area contributed by atoms with Crippen LogP contribution in [-0.4, -0.2) is 15.0 Å². The smallest absolute Gasteiger partial charge is 0.240 e. The minimum Gasteiger partial charge on any atom is -0.324 e. The van der Waals surface area contributed by atoms with E-state index in [0.717, 1.165) is 18.4 Å². The third-order valence-electron chi connectivity index (χ3n) is 4.43. The Morgan fingerprint density at radius 2 is 1.95 bits per heavy atom. The Labute approximate surface area is 121 Å². The summed E-state index contributed by atoms with van der Waals surface area (Å²) in [7, 11) is -3.45. The van der Waals surface area contributed by atoms with Crippen LogP contribution in [0, 0.1) is 11.3 Å². The molecule has 1 atom stereocenters. The lowest BCUT2D eigenvalue weighted by atomic mass is 9.93. The van der Waals surface area contributed by atoms with Gasteiger partial charge >= 0.3 is 0 Å². The molecule has 20 heavy (non-hydrogen) atoms. The molecular weight excluding hydrogens is 272 g/mol. The highest BCUT2D eigenvalue weighted by molar-refractivity contribution is 7.89. The van der Waals surface area contributed by atoms with E-state index in [9.17, 15) is 8.42 Å². The van der Waals surface area contributed by atoms with Crippen LogP contribution in [0.25, 0.3) is 0 Å². The maximum absolute atomic E-state index is 12.4. The Morgan fingerprint density at radius 1 is 1.30 bits per heavy atom. The van der Waals surface area contributed by atoms with Crippen molar-refractivity contribution in [2.75, 3.05) is 6.54 Å². The molecule has 0 heterocycles. The van der Waals surface area contributed by atoms with E-state index in [1.54, 1.807) is 18.2 Å².